The summed E-state index contributed by atoms with van der Waals surface area (Å²) in [6.07, 6.45) is -0.158. The quantitative estimate of drug-likeness (QED) is 0.721. The number of alkyl halides is 1. The van der Waals surface area contributed by atoms with E-state index in [2.05, 4.69) is 18.7 Å². The average molecular weight is 221 g/mol. The van der Waals surface area contributed by atoms with Crippen molar-refractivity contribution < 1.29 is 8.60 Å². The van der Waals surface area contributed by atoms with Gasteiger partial charge in [0, 0.05) is 40.9 Å². The first-order valence-electron chi connectivity index (χ1n) is 5.16. The summed E-state index contributed by atoms with van der Waals surface area (Å²) in [6.45, 7) is 7.39. The van der Waals surface area contributed by atoms with Crippen LogP contribution in [0.4, 0.5) is 4.39 Å². The Morgan fingerprint density at radius 2 is 2.21 bits per heavy atom. The van der Waals surface area contributed by atoms with Gasteiger partial charge in [-0.05, 0) is 27.2 Å². The van der Waals surface area contributed by atoms with E-state index < -0.39 is 17.0 Å². The van der Waals surface area contributed by atoms with Crippen LogP contribution in [0.1, 0.15) is 27.2 Å². The minimum atomic E-state index is -0.738. The van der Waals surface area contributed by atoms with Crippen LogP contribution in [0.15, 0.2) is 0 Å². The Bertz CT molecular complexity index is 218. The Morgan fingerprint density at radius 3 is 2.71 bits per heavy atom. The van der Waals surface area contributed by atoms with Crippen molar-refractivity contribution in [2.75, 3.05) is 24.6 Å². The van der Waals surface area contributed by atoms with Crippen molar-refractivity contribution in [3.63, 3.8) is 0 Å². The standard InChI is InChI=1S/C10H20FNOS/c1-9(11)4-5-12-6-7-14(13)8-10(12,2)3/h9H,4-8H2,1-3H3/t9-,14-/m0/s1. The molecular weight excluding hydrogens is 201 g/mol. The topological polar surface area (TPSA) is 20.3 Å². The molecule has 0 aliphatic carbocycles. The second-order valence-electron chi connectivity index (χ2n) is 4.66. The van der Waals surface area contributed by atoms with E-state index in [9.17, 15) is 8.60 Å². The maximum atomic E-state index is 12.7. The maximum Gasteiger partial charge on any atom is 0.0985 e. The Labute approximate surface area is 88.3 Å². The molecule has 0 N–H and O–H groups in total. The fourth-order valence-electron chi connectivity index (χ4n) is 1.82. The number of hydrogen-bond donors (Lipinski definition) is 0. The molecule has 2 atom stereocenters. The Hall–Kier alpha value is 0.0400. The molecule has 4 heteroatoms. The molecule has 0 aromatic carbocycles. The predicted octanol–water partition coefficient (Wildman–Crippen LogP) is 1.58. The van der Waals surface area contributed by atoms with Crippen molar-refractivity contribution in [1.82, 2.24) is 4.90 Å². The number of nitrogens with zero attached hydrogens (tertiary/aromatic N) is 1. The lowest BCUT2D eigenvalue weighted by Crippen LogP contribution is -2.54. The van der Waals surface area contributed by atoms with Crippen molar-refractivity contribution in [2.24, 2.45) is 0 Å². The molecule has 1 aliphatic rings. The fourth-order valence-corrected chi connectivity index (χ4v) is 3.36. The monoisotopic (exact) mass is 221 g/mol. The third-order valence-electron chi connectivity index (χ3n) is 2.76. The van der Waals surface area contributed by atoms with Gasteiger partial charge in [-0.15, -0.1) is 0 Å². The lowest BCUT2D eigenvalue weighted by atomic mass is 10.0. The third-order valence-corrected chi connectivity index (χ3v) is 4.42. The normalized spacial score (nSPS) is 30.1. The molecule has 0 aromatic heterocycles. The summed E-state index contributed by atoms with van der Waals surface area (Å²) < 4.78 is 24.1. The van der Waals surface area contributed by atoms with Gasteiger partial charge in [-0.25, -0.2) is 4.39 Å². The molecule has 0 saturated carbocycles. The Balaban J connectivity index is 2.47. The van der Waals surface area contributed by atoms with E-state index in [4.69, 9.17) is 0 Å². The summed E-state index contributed by atoms with van der Waals surface area (Å²) in [4.78, 5) is 2.25. The smallest absolute Gasteiger partial charge is 0.0985 e. The summed E-state index contributed by atoms with van der Waals surface area (Å²) in [6, 6.07) is 0. The first kappa shape index (κ1) is 12.1. The molecular formula is C10H20FNOS. The van der Waals surface area contributed by atoms with Gasteiger partial charge in [0.15, 0.2) is 0 Å². The van der Waals surface area contributed by atoms with Gasteiger partial charge in [0.1, 0.15) is 0 Å². The van der Waals surface area contributed by atoms with Crippen LogP contribution in [0.2, 0.25) is 0 Å². The van der Waals surface area contributed by atoms with Crippen LogP contribution in [-0.2, 0) is 10.8 Å². The lowest BCUT2D eigenvalue weighted by molar-refractivity contribution is 0.128. The fraction of sp³-hybridized carbons (Fsp3) is 1.00. The molecule has 2 nitrogen and oxygen atoms in total. The molecule has 1 heterocycles. The van der Waals surface area contributed by atoms with Crippen molar-refractivity contribution in [3.8, 4) is 0 Å². The molecule has 84 valence electrons. The summed E-state index contributed by atoms with van der Waals surface area (Å²) in [5.41, 5.74) is -0.0298. The van der Waals surface area contributed by atoms with Crippen molar-refractivity contribution in [2.45, 2.75) is 38.9 Å². The van der Waals surface area contributed by atoms with Gasteiger partial charge in [0.2, 0.25) is 0 Å². The first-order chi connectivity index (χ1) is 6.42. The van der Waals surface area contributed by atoms with Crippen molar-refractivity contribution in [3.05, 3.63) is 0 Å². The van der Waals surface area contributed by atoms with E-state index in [1.54, 1.807) is 6.92 Å². The highest BCUT2D eigenvalue weighted by Gasteiger charge is 2.32. The Morgan fingerprint density at radius 1 is 1.57 bits per heavy atom. The van der Waals surface area contributed by atoms with Crippen LogP contribution >= 0.6 is 0 Å². The van der Waals surface area contributed by atoms with Crippen LogP contribution in [0.5, 0.6) is 0 Å². The lowest BCUT2D eigenvalue weighted by Gasteiger charge is -2.42. The van der Waals surface area contributed by atoms with Gasteiger partial charge in [-0.1, -0.05) is 0 Å². The van der Waals surface area contributed by atoms with Crippen LogP contribution < -0.4 is 0 Å². The largest absolute Gasteiger partial charge is 0.296 e. The van der Waals surface area contributed by atoms with Gasteiger partial charge < -0.3 is 0 Å². The molecule has 0 aromatic rings. The van der Waals surface area contributed by atoms with E-state index in [0.717, 1.165) is 18.8 Å². The zero-order valence-electron chi connectivity index (χ0n) is 9.25. The van der Waals surface area contributed by atoms with E-state index in [1.165, 1.54) is 0 Å². The minimum Gasteiger partial charge on any atom is -0.296 e. The van der Waals surface area contributed by atoms with Gasteiger partial charge >= 0.3 is 0 Å². The zero-order chi connectivity index (χ0) is 10.8. The van der Waals surface area contributed by atoms with Crippen molar-refractivity contribution in [1.29, 1.82) is 0 Å². The molecule has 0 bridgehead atoms. The SMILES string of the molecule is C[C@H](F)CCN1CC[S@](=O)CC1(C)C. The van der Waals surface area contributed by atoms with Crippen molar-refractivity contribution >= 4 is 10.8 Å². The zero-order valence-corrected chi connectivity index (χ0v) is 10.1. The molecule has 0 spiro atoms. The van der Waals surface area contributed by atoms with Crippen LogP contribution in [0.25, 0.3) is 0 Å². The summed E-state index contributed by atoms with van der Waals surface area (Å²) in [7, 11) is -0.680. The Kier molecular flexibility index (Phi) is 4.07. The highest BCUT2D eigenvalue weighted by atomic mass is 32.2. The summed E-state index contributed by atoms with van der Waals surface area (Å²) >= 11 is 0. The molecule has 1 fully saturated rings. The summed E-state index contributed by atoms with van der Waals surface area (Å²) in [5.74, 6) is 1.46. The van der Waals surface area contributed by atoms with E-state index in [-0.39, 0.29) is 5.54 Å². The molecule has 0 radical (unpaired) electrons. The highest BCUT2D eigenvalue weighted by Crippen LogP contribution is 2.21. The molecule has 0 amide bonds. The van der Waals surface area contributed by atoms with E-state index in [1.807, 2.05) is 0 Å². The van der Waals surface area contributed by atoms with Crippen LogP contribution in [0, 0.1) is 0 Å². The third kappa shape index (κ3) is 3.31. The molecule has 14 heavy (non-hydrogen) atoms. The number of rotatable bonds is 3. The molecule has 1 rings (SSSR count). The first-order valence-corrected chi connectivity index (χ1v) is 6.65. The molecule has 1 aliphatic heterocycles. The highest BCUT2D eigenvalue weighted by molar-refractivity contribution is 7.85. The maximum absolute atomic E-state index is 12.7. The molecule has 1 saturated heterocycles. The second kappa shape index (κ2) is 4.71. The minimum absolute atomic E-state index is 0.0298. The summed E-state index contributed by atoms with van der Waals surface area (Å²) in [5, 5.41) is 0. The van der Waals surface area contributed by atoms with Gasteiger partial charge in [0.25, 0.3) is 0 Å². The van der Waals surface area contributed by atoms with Crippen LogP contribution in [-0.4, -0.2) is 45.4 Å². The second-order valence-corrected chi connectivity index (χ2v) is 6.23. The van der Waals surface area contributed by atoms with E-state index in [0.29, 0.717) is 12.2 Å². The number of hydrogen-bond acceptors (Lipinski definition) is 2. The average Bonchev–Trinajstić information content (AvgIpc) is 2.00. The van der Waals surface area contributed by atoms with Gasteiger partial charge in [-0.2, -0.15) is 0 Å². The van der Waals surface area contributed by atoms with E-state index >= 15 is 0 Å². The van der Waals surface area contributed by atoms with Gasteiger partial charge in [0.05, 0.1) is 6.17 Å². The predicted molar refractivity (Wildman–Crippen MR) is 58.7 cm³/mol. The van der Waals surface area contributed by atoms with Crippen LogP contribution in [0.3, 0.4) is 0 Å². The number of halogens is 1. The molecule has 0 unspecified atom stereocenters. The van der Waals surface area contributed by atoms with Gasteiger partial charge in [-0.3, -0.25) is 9.11 Å².